The van der Waals surface area contributed by atoms with E-state index in [9.17, 15) is 16.8 Å². The quantitative estimate of drug-likeness (QED) is 0.779. The Hall–Kier alpha value is -1.19. The minimum atomic E-state index is -3.84. The summed E-state index contributed by atoms with van der Waals surface area (Å²) in [5, 5.41) is 2.92. The van der Waals surface area contributed by atoms with Gasteiger partial charge in [-0.15, -0.1) is 0 Å². The number of anilines is 1. The normalized spacial score (nSPS) is 21.3. The minimum absolute atomic E-state index is 0.0172. The first-order valence-electron chi connectivity index (χ1n) is 6.76. The summed E-state index contributed by atoms with van der Waals surface area (Å²) in [6, 6.07) is 2.71. The Balaban J connectivity index is 2.20. The van der Waals surface area contributed by atoms with Crippen molar-refractivity contribution >= 4 is 25.5 Å². The molecule has 1 saturated heterocycles. The Morgan fingerprint density at radius 1 is 1.43 bits per heavy atom. The van der Waals surface area contributed by atoms with Crippen molar-refractivity contribution in [1.82, 2.24) is 9.71 Å². The number of pyridine rings is 1. The predicted octanol–water partition coefficient (Wildman–Crippen LogP) is 0.369. The number of sulfonamides is 1. The summed E-state index contributed by atoms with van der Waals surface area (Å²) in [4.78, 5) is 3.92. The van der Waals surface area contributed by atoms with Gasteiger partial charge in [-0.05, 0) is 25.0 Å². The standard InChI is InChI=1S/C12H19N3O4S2/c1-2-6-13-11-4-3-7-14-12(11)21(18,19)15-10-5-8-20(16,17)9-10/h3-4,7,10,13,15H,2,5-6,8-9H2,1H3. The fourth-order valence-corrected chi connectivity index (χ4v) is 5.32. The van der Waals surface area contributed by atoms with Gasteiger partial charge in [0, 0.05) is 18.8 Å². The summed E-state index contributed by atoms with van der Waals surface area (Å²) >= 11 is 0. The number of rotatable bonds is 6. The van der Waals surface area contributed by atoms with Crippen molar-refractivity contribution in [2.75, 3.05) is 23.4 Å². The van der Waals surface area contributed by atoms with Crippen LogP contribution in [0.3, 0.4) is 0 Å². The summed E-state index contributed by atoms with van der Waals surface area (Å²) < 4.78 is 50.0. The van der Waals surface area contributed by atoms with Crippen LogP contribution in [0.4, 0.5) is 5.69 Å². The Kier molecular flexibility index (Phi) is 4.84. The van der Waals surface area contributed by atoms with Gasteiger partial charge in [0.05, 0.1) is 17.2 Å². The molecule has 7 nitrogen and oxygen atoms in total. The lowest BCUT2D eigenvalue weighted by Crippen LogP contribution is -2.36. The van der Waals surface area contributed by atoms with Crippen LogP contribution in [0, 0.1) is 0 Å². The van der Waals surface area contributed by atoms with Crippen LogP contribution >= 0.6 is 0 Å². The predicted molar refractivity (Wildman–Crippen MR) is 80.4 cm³/mol. The molecular formula is C12H19N3O4S2. The third-order valence-corrected chi connectivity index (χ3v) is 6.39. The highest BCUT2D eigenvalue weighted by atomic mass is 32.2. The lowest BCUT2D eigenvalue weighted by molar-refractivity contribution is 0.559. The number of nitrogens with one attached hydrogen (secondary N) is 2. The van der Waals surface area contributed by atoms with Gasteiger partial charge >= 0.3 is 0 Å². The van der Waals surface area contributed by atoms with Crippen LogP contribution in [0.5, 0.6) is 0 Å². The fourth-order valence-electron chi connectivity index (χ4n) is 2.16. The highest BCUT2D eigenvalue weighted by Crippen LogP contribution is 2.20. The number of sulfone groups is 1. The monoisotopic (exact) mass is 333 g/mol. The van der Waals surface area contributed by atoms with Gasteiger partial charge in [-0.25, -0.2) is 26.5 Å². The van der Waals surface area contributed by atoms with Crippen molar-refractivity contribution in [3.05, 3.63) is 18.3 Å². The van der Waals surface area contributed by atoms with Gasteiger partial charge in [0.2, 0.25) is 0 Å². The molecule has 1 aromatic rings. The summed E-state index contributed by atoms with van der Waals surface area (Å²) in [7, 11) is -6.98. The summed E-state index contributed by atoms with van der Waals surface area (Å²) in [5.74, 6) is -0.139. The number of aromatic nitrogens is 1. The van der Waals surface area contributed by atoms with Crippen LogP contribution in [0.2, 0.25) is 0 Å². The second-order valence-electron chi connectivity index (χ2n) is 5.00. The first-order valence-corrected chi connectivity index (χ1v) is 10.1. The van der Waals surface area contributed by atoms with E-state index in [0.717, 1.165) is 6.42 Å². The van der Waals surface area contributed by atoms with Gasteiger partial charge < -0.3 is 5.32 Å². The molecule has 21 heavy (non-hydrogen) atoms. The molecule has 0 amide bonds. The molecule has 118 valence electrons. The molecular weight excluding hydrogens is 314 g/mol. The van der Waals surface area contributed by atoms with E-state index >= 15 is 0 Å². The molecule has 2 heterocycles. The van der Waals surface area contributed by atoms with Gasteiger partial charge in [0.15, 0.2) is 14.9 Å². The molecule has 0 spiro atoms. The highest BCUT2D eigenvalue weighted by Gasteiger charge is 2.32. The van der Waals surface area contributed by atoms with Crippen LogP contribution in [-0.2, 0) is 19.9 Å². The molecule has 2 rings (SSSR count). The lowest BCUT2D eigenvalue weighted by Gasteiger charge is -2.14. The zero-order valence-electron chi connectivity index (χ0n) is 11.7. The Morgan fingerprint density at radius 3 is 2.81 bits per heavy atom. The average molecular weight is 333 g/mol. The minimum Gasteiger partial charge on any atom is -0.383 e. The van der Waals surface area contributed by atoms with E-state index in [0.29, 0.717) is 18.7 Å². The third kappa shape index (κ3) is 4.14. The van der Waals surface area contributed by atoms with Gasteiger partial charge in [0.1, 0.15) is 0 Å². The molecule has 0 aliphatic carbocycles. The molecule has 0 bridgehead atoms. The van der Waals surface area contributed by atoms with E-state index in [2.05, 4.69) is 15.0 Å². The molecule has 0 radical (unpaired) electrons. The Labute approximate surface area is 125 Å². The SMILES string of the molecule is CCCNc1cccnc1S(=O)(=O)NC1CCS(=O)(=O)C1. The summed E-state index contributed by atoms with van der Waals surface area (Å²) in [5.41, 5.74) is 0.424. The molecule has 1 aliphatic heterocycles. The molecule has 1 aromatic heterocycles. The zero-order valence-corrected chi connectivity index (χ0v) is 13.4. The van der Waals surface area contributed by atoms with Crippen LogP contribution < -0.4 is 10.0 Å². The van der Waals surface area contributed by atoms with Crippen molar-refractivity contribution in [1.29, 1.82) is 0 Å². The largest absolute Gasteiger partial charge is 0.383 e. The molecule has 0 saturated carbocycles. The summed E-state index contributed by atoms with van der Waals surface area (Å²) in [6.07, 6.45) is 2.55. The third-order valence-electron chi connectivity index (χ3n) is 3.15. The van der Waals surface area contributed by atoms with Crippen LogP contribution in [-0.4, -0.2) is 45.9 Å². The maximum atomic E-state index is 12.4. The molecule has 1 atom stereocenters. The van der Waals surface area contributed by atoms with Crippen LogP contribution in [0.1, 0.15) is 19.8 Å². The molecule has 9 heteroatoms. The van der Waals surface area contributed by atoms with Crippen molar-refractivity contribution in [3.8, 4) is 0 Å². The fraction of sp³-hybridized carbons (Fsp3) is 0.583. The Morgan fingerprint density at radius 2 is 2.19 bits per heavy atom. The molecule has 1 unspecified atom stereocenters. The number of hydrogen-bond acceptors (Lipinski definition) is 6. The van der Waals surface area contributed by atoms with Gasteiger partial charge in [-0.3, -0.25) is 0 Å². The van der Waals surface area contributed by atoms with Crippen LogP contribution in [0.15, 0.2) is 23.4 Å². The van der Waals surface area contributed by atoms with Crippen molar-refractivity contribution in [3.63, 3.8) is 0 Å². The maximum Gasteiger partial charge on any atom is 0.260 e. The molecule has 0 aromatic carbocycles. The van der Waals surface area contributed by atoms with E-state index in [1.165, 1.54) is 6.20 Å². The van der Waals surface area contributed by atoms with Crippen molar-refractivity contribution in [2.45, 2.75) is 30.8 Å². The average Bonchev–Trinajstić information content (AvgIpc) is 2.75. The van der Waals surface area contributed by atoms with E-state index in [-0.39, 0.29) is 16.5 Å². The highest BCUT2D eigenvalue weighted by molar-refractivity contribution is 7.92. The summed E-state index contributed by atoms with van der Waals surface area (Å²) in [6.45, 7) is 2.60. The van der Waals surface area contributed by atoms with E-state index < -0.39 is 25.9 Å². The number of nitrogens with zero attached hydrogens (tertiary/aromatic N) is 1. The van der Waals surface area contributed by atoms with E-state index in [1.807, 2.05) is 6.92 Å². The Bertz CT molecular complexity index is 701. The molecule has 1 fully saturated rings. The van der Waals surface area contributed by atoms with Gasteiger partial charge in [0.25, 0.3) is 10.0 Å². The second-order valence-corrected chi connectivity index (χ2v) is 8.86. The smallest absolute Gasteiger partial charge is 0.260 e. The van der Waals surface area contributed by atoms with Crippen molar-refractivity contribution in [2.24, 2.45) is 0 Å². The van der Waals surface area contributed by atoms with Gasteiger partial charge in [-0.2, -0.15) is 0 Å². The maximum absolute atomic E-state index is 12.4. The first kappa shape index (κ1) is 16.2. The van der Waals surface area contributed by atoms with E-state index in [4.69, 9.17) is 0 Å². The second kappa shape index (κ2) is 6.29. The molecule has 1 aliphatic rings. The topological polar surface area (TPSA) is 105 Å². The lowest BCUT2D eigenvalue weighted by atomic mass is 10.3. The van der Waals surface area contributed by atoms with Gasteiger partial charge in [-0.1, -0.05) is 6.92 Å². The molecule has 2 N–H and O–H groups in total. The van der Waals surface area contributed by atoms with Crippen molar-refractivity contribution < 1.29 is 16.8 Å². The zero-order chi connectivity index (χ0) is 15.5. The van der Waals surface area contributed by atoms with Crippen LogP contribution in [0.25, 0.3) is 0 Å². The first-order chi connectivity index (χ1) is 9.84. The number of hydrogen-bond donors (Lipinski definition) is 2. The van der Waals surface area contributed by atoms with E-state index in [1.54, 1.807) is 12.1 Å².